The number of hydrogen-bond donors (Lipinski definition) is 2. The number of aromatic nitrogens is 2. The van der Waals surface area contributed by atoms with Crippen molar-refractivity contribution in [3.63, 3.8) is 0 Å². The minimum atomic E-state index is -1.01. The van der Waals surface area contributed by atoms with Crippen LogP contribution in [0.15, 0.2) is 22.6 Å². The molecule has 8 nitrogen and oxygen atoms in total. The van der Waals surface area contributed by atoms with Gasteiger partial charge >= 0.3 is 23.8 Å². The molecule has 2 N–H and O–H groups in total. The molecule has 0 aliphatic heterocycles. The molecular weight excluding hydrogens is 434 g/mol. The number of hydrogen-bond acceptors (Lipinski definition) is 7. The van der Waals surface area contributed by atoms with E-state index < -0.39 is 17.5 Å². The smallest absolute Gasteiger partial charge is 0.320 e. The monoisotopic (exact) mass is 462 g/mol. The lowest BCUT2D eigenvalue weighted by atomic mass is 9.62. The SMILES string of the molecule is COC(=O)CC1CCC2(CC1)CCC(NC(=O)c1nnc(Nc3ccc(F)c(F)c3)o1)CC2. The maximum atomic E-state index is 13.3. The van der Waals surface area contributed by atoms with Gasteiger partial charge in [0.05, 0.1) is 7.11 Å². The zero-order valence-electron chi connectivity index (χ0n) is 18.5. The maximum absolute atomic E-state index is 13.3. The van der Waals surface area contributed by atoms with Crippen LogP contribution in [0.25, 0.3) is 0 Å². The van der Waals surface area contributed by atoms with Crippen LogP contribution in [0.1, 0.15) is 68.5 Å². The lowest BCUT2D eigenvalue weighted by Crippen LogP contribution is -2.42. The Morgan fingerprint density at radius 3 is 2.45 bits per heavy atom. The van der Waals surface area contributed by atoms with Gasteiger partial charge in [0.1, 0.15) is 0 Å². The molecule has 0 atom stereocenters. The van der Waals surface area contributed by atoms with Crippen molar-refractivity contribution in [3.05, 3.63) is 35.7 Å². The number of halogens is 2. The molecule has 2 aliphatic carbocycles. The van der Waals surface area contributed by atoms with Gasteiger partial charge in [-0.25, -0.2) is 8.78 Å². The molecule has 2 fully saturated rings. The van der Waals surface area contributed by atoms with Gasteiger partial charge < -0.3 is 19.8 Å². The summed E-state index contributed by atoms with van der Waals surface area (Å²) in [6, 6.07) is 3.20. The normalized spacial score (nSPS) is 24.9. The number of rotatable bonds is 6. The Balaban J connectivity index is 1.24. The highest BCUT2D eigenvalue weighted by Gasteiger charge is 2.39. The minimum Gasteiger partial charge on any atom is -0.469 e. The first-order valence-corrected chi connectivity index (χ1v) is 11.3. The summed E-state index contributed by atoms with van der Waals surface area (Å²) in [6.07, 6.45) is 8.64. The van der Waals surface area contributed by atoms with Gasteiger partial charge in [-0.3, -0.25) is 9.59 Å². The highest BCUT2D eigenvalue weighted by Crippen LogP contribution is 2.49. The second kappa shape index (κ2) is 9.84. The van der Waals surface area contributed by atoms with Crippen LogP contribution in [-0.4, -0.2) is 35.2 Å². The van der Waals surface area contributed by atoms with Crippen molar-refractivity contribution in [2.75, 3.05) is 12.4 Å². The molecule has 10 heteroatoms. The highest BCUT2D eigenvalue weighted by molar-refractivity contribution is 5.89. The zero-order chi connectivity index (χ0) is 23.4. The maximum Gasteiger partial charge on any atom is 0.320 e. The molecule has 1 aromatic carbocycles. The Hall–Kier alpha value is -3.04. The zero-order valence-corrected chi connectivity index (χ0v) is 18.5. The first-order chi connectivity index (χ1) is 15.9. The first kappa shape index (κ1) is 23.1. The van der Waals surface area contributed by atoms with E-state index in [0.29, 0.717) is 17.8 Å². The number of amides is 1. The summed E-state index contributed by atoms with van der Waals surface area (Å²) in [5.41, 5.74) is 0.531. The van der Waals surface area contributed by atoms with E-state index in [4.69, 9.17) is 9.15 Å². The third kappa shape index (κ3) is 5.66. The molecular formula is C23H28F2N4O4. The molecule has 2 aliphatic rings. The lowest BCUT2D eigenvalue weighted by Gasteiger charge is -2.45. The number of carbonyl (C=O) groups is 2. The third-order valence-electron chi connectivity index (χ3n) is 7.02. The fourth-order valence-corrected chi connectivity index (χ4v) is 5.00. The molecule has 1 aromatic heterocycles. The number of carbonyl (C=O) groups excluding carboxylic acids is 2. The Morgan fingerprint density at radius 1 is 1.09 bits per heavy atom. The Labute approximate surface area is 190 Å². The van der Waals surface area contributed by atoms with Crippen LogP contribution in [0, 0.1) is 23.0 Å². The molecule has 0 radical (unpaired) electrons. The summed E-state index contributed by atoms with van der Waals surface area (Å²) in [5, 5.41) is 13.1. The molecule has 2 aromatic rings. The number of ether oxygens (including phenoxy) is 1. The summed E-state index contributed by atoms with van der Waals surface area (Å²) in [5.74, 6) is -2.34. The number of benzene rings is 1. The summed E-state index contributed by atoms with van der Waals surface area (Å²) in [7, 11) is 1.43. The van der Waals surface area contributed by atoms with Gasteiger partial charge in [-0.1, -0.05) is 5.10 Å². The van der Waals surface area contributed by atoms with Crippen LogP contribution in [0.5, 0.6) is 0 Å². The van der Waals surface area contributed by atoms with Crippen molar-refractivity contribution in [3.8, 4) is 0 Å². The number of esters is 1. The van der Waals surface area contributed by atoms with E-state index in [1.807, 2.05) is 0 Å². The van der Waals surface area contributed by atoms with Crippen LogP contribution in [0.3, 0.4) is 0 Å². The van der Waals surface area contributed by atoms with E-state index in [-0.39, 0.29) is 29.6 Å². The highest BCUT2D eigenvalue weighted by atomic mass is 19.2. The average Bonchev–Trinajstić information content (AvgIpc) is 3.28. The van der Waals surface area contributed by atoms with Crippen LogP contribution < -0.4 is 10.6 Å². The van der Waals surface area contributed by atoms with E-state index in [0.717, 1.165) is 63.5 Å². The van der Waals surface area contributed by atoms with Crippen LogP contribution in [-0.2, 0) is 9.53 Å². The van der Waals surface area contributed by atoms with Gasteiger partial charge in [0, 0.05) is 24.2 Å². The summed E-state index contributed by atoms with van der Waals surface area (Å²) < 4.78 is 36.5. The fourth-order valence-electron chi connectivity index (χ4n) is 5.00. The Bertz CT molecular complexity index is 994. The summed E-state index contributed by atoms with van der Waals surface area (Å²) in [4.78, 5) is 24.0. The number of anilines is 2. The van der Waals surface area contributed by atoms with Gasteiger partial charge in [0.2, 0.25) is 0 Å². The van der Waals surface area contributed by atoms with Gasteiger partial charge in [0.15, 0.2) is 11.6 Å². The molecule has 0 saturated heterocycles. The van der Waals surface area contributed by atoms with Gasteiger partial charge in [-0.05, 0) is 74.8 Å². The molecule has 0 bridgehead atoms. The van der Waals surface area contributed by atoms with Crippen LogP contribution in [0.4, 0.5) is 20.5 Å². The second-order valence-corrected chi connectivity index (χ2v) is 9.14. The van der Waals surface area contributed by atoms with Crippen LogP contribution in [0.2, 0.25) is 0 Å². The van der Waals surface area contributed by atoms with Crippen molar-refractivity contribution in [2.45, 2.75) is 63.8 Å². The van der Waals surface area contributed by atoms with Crippen molar-refractivity contribution in [1.29, 1.82) is 0 Å². The van der Waals surface area contributed by atoms with Gasteiger partial charge in [-0.2, -0.15) is 0 Å². The third-order valence-corrected chi connectivity index (χ3v) is 7.02. The van der Waals surface area contributed by atoms with E-state index in [2.05, 4.69) is 20.8 Å². The molecule has 0 unspecified atom stereocenters. The summed E-state index contributed by atoms with van der Waals surface area (Å²) in [6.45, 7) is 0. The standard InChI is InChI=1S/C23H28F2N4O4/c1-32-19(30)12-14-4-8-23(9-5-14)10-6-15(7-11-23)26-20(31)21-28-29-22(33-21)27-16-2-3-17(24)18(25)13-16/h2-3,13-15H,4-12H2,1H3,(H,26,31)(H,27,29). The molecule has 33 heavy (non-hydrogen) atoms. The molecule has 178 valence electrons. The Morgan fingerprint density at radius 2 is 1.79 bits per heavy atom. The second-order valence-electron chi connectivity index (χ2n) is 9.14. The fraction of sp³-hybridized carbons (Fsp3) is 0.565. The van der Waals surface area contributed by atoms with E-state index in [9.17, 15) is 18.4 Å². The van der Waals surface area contributed by atoms with Crippen molar-refractivity contribution < 1.29 is 27.5 Å². The molecule has 4 rings (SSSR count). The molecule has 1 heterocycles. The molecule has 1 amide bonds. The van der Waals surface area contributed by atoms with E-state index in [1.165, 1.54) is 13.2 Å². The van der Waals surface area contributed by atoms with Crippen molar-refractivity contribution >= 4 is 23.6 Å². The summed E-state index contributed by atoms with van der Waals surface area (Å²) >= 11 is 0. The van der Waals surface area contributed by atoms with Crippen LogP contribution >= 0.6 is 0 Å². The molecule has 2 saturated carbocycles. The van der Waals surface area contributed by atoms with Crippen molar-refractivity contribution in [2.24, 2.45) is 11.3 Å². The van der Waals surface area contributed by atoms with Gasteiger partial charge in [0.25, 0.3) is 0 Å². The number of nitrogens with one attached hydrogen (secondary N) is 2. The van der Waals surface area contributed by atoms with E-state index >= 15 is 0 Å². The topological polar surface area (TPSA) is 106 Å². The quantitative estimate of drug-likeness (QED) is 0.609. The lowest BCUT2D eigenvalue weighted by molar-refractivity contribution is -0.142. The predicted octanol–water partition coefficient (Wildman–Crippen LogP) is 4.50. The number of methoxy groups -OCH3 is 1. The first-order valence-electron chi connectivity index (χ1n) is 11.3. The van der Waals surface area contributed by atoms with Crippen molar-refractivity contribution in [1.82, 2.24) is 15.5 Å². The minimum absolute atomic E-state index is 0.0328. The predicted molar refractivity (Wildman–Crippen MR) is 115 cm³/mol. The number of nitrogens with zero attached hydrogens (tertiary/aromatic N) is 2. The average molecular weight is 462 g/mol. The Kier molecular flexibility index (Phi) is 6.90. The van der Waals surface area contributed by atoms with Gasteiger partial charge in [-0.15, -0.1) is 5.10 Å². The largest absolute Gasteiger partial charge is 0.469 e. The molecule has 1 spiro atoms. The van der Waals surface area contributed by atoms with E-state index in [1.54, 1.807) is 0 Å².